The maximum atomic E-state index is 13.1. The van der Waals surface area contributed by atoms with E-state index in [2.05, 4.69) is 21.2 Å². The fraction of sp³-hybridized carbons (Fsp3) is 0.600. The summed E-state index contributed by atoms with van der Waals surface area (Å²) in [6.07, 6.45) is -5.19. The molecule has 138 valence electrons. The molecule has 9 heteroatoms. The van der Waals surface area contributed by atoms with E-state index in [1.54, 1.807) is 12.1 Å². The zero-order valence-electron chi connectivity index (χ0n) is 13.5. The smallest absolute Gasteiger partial charge is 0.390 e. The lowest BCUT2D eigenvalue weighted by Gasteiger charge is -2.36. The zero-order valence-corrected chi connectivity index (χ0v) is 15.9. The topological polar surface area (TPSA) is 33.7 Å². The second-order valence-corrected chi connectivity index (χ2v) is 6.20. The predicted molar refractivity (Wildman–Crippen MR) is 92.3 cm³/mol. The van der Waals surface area contributed by atoms with Gasteiger partial charge in [0.05, 0.1) is 25.1 Å². The molecular formula is C15H21BrClF3N2O2. The van der Waals surface area contributed by atoms with Crippen LogP contribution in [0.5, 0.6) is 11.5 Å². The summed E-state index contributed by atoms with van der Waals surface area (Å²) < 4.78 is 50.6. The predicted octanol–water partition coefficient (Wildman–Crippen LogP) is 3.79. The first-order valence-electron chi connectivity index (χ1n) is 7.28. The van der Waals surface area contributed by atoms with Gasteiger partial charge in [-0.25, -0.2) is 0 Å². The maximum Gasteiger partial charge on any atom is 0.390 e. The Bertz CT molecular complexity index is 540. The number of nitrogens with zero attached hydrogens (tertiary/aromatic N) is 1. The van der Waals surface area contributed by atoms with Crippen molar-refractivity contribution >= 4 is 28.3 Å². The molecule has 1 atom stereocenters. The monoisotopic (exact) mass is 432 g/mol. The van der Waals surface area contributed by atoms with Crippen LogP contribution in [0, 0.1) is 0 Å². The van der Waals surface area contributed by atoms with Crippen LogP contribution in [0.25, 0.3) is 0 Å². The number of benzene rings is 1. The van der Waals surface area contributed by atoms with E-state index in [-0.39, 0.29) is 12.4 Å². The number of methoxy groups -OCH3 is 2. The first kappa shape index (κ1) is 21.3. The van der Waals surface area contributed by atoms with Crippen LogP contribution in [0.1, 0.15) is 18.0 Å². The molecule has 1 N–H and O–H groups in total. The normalized spacial score (nSPS) is 17.1. The Morgan fingerprint density at radius 1 is 1.17 bits per heavy atom. The Morgan fingerprint density at radius 2 is 1.75 bits per heavy atom. The molecule has 24 heavy (non-hydrogen) atoms. The Hall–Kier alpha value is -0.700. The van der Waals surface area contributed by atoms with Gasteiger partial charge in [-0.1, -0.05) is 0 Å². The van der Waals surface area contributed by atoms with Gasteiger partial charge in [-0.3, -0.25) is 4.90 Å². The number of alkyl halides is 3. The van der Waals surface area contributed by atoms with Gasteiger partial charge in [0, 0.05) is 37.8 Å². The SMILES string of the molecule is COc1cc([C@H](CC(F)(F)F)N2CCNCC2)c(OC)cc1Br.Cl. The Kier molecular flexibility index (Phi) is 8.11. The molecule has 0 spiro atoms. The van der Waals surface area contributed by atoms with Gasteiger partial charge in [-0.2, -0.15) is 13.2 Å². The highest BCUT2D eigenvalue weighted by Gasteiger charge is 2.37. The van der Waals surface area contributed by atoms with E-state index in [0.29, 0.717) is 47.7 Å². The summed E-state index contributed by atoms with van der Waals surface area (Å²) in [6.45, 7) is 2.46. The summed E-state index contributed by atoms with van der Waals surface area (Å²) in [6, 6.07) is 2.48. The van der Waals surface area contributed by atoms with Crippen molar-refractivity contribution < 1.29 is 22.6 Å². The first-order chi connectivity index (χ1) is 10.9. The summed E-state index contributed by atoms with van der Waals surface area (Å²) in [5.41, 5.74) is 0.492. The van der Waals surface area contributed by atoms with E-state index in [1.807, 2.05) is 4.90 Å². The zero-order chi connectivity index (χ0) is 17.0. The van der Waals surface area contributed by atoms with E-state index >= 15 is 0 Å². The minimum atomic E-state index is -4.26. The van der Waals surface area contributed by atoms with Gasteiger partial charge in [0.25, 0.3) is 0 Å². The molecule has 0 bridgehead atoms. The molecule has 1 aromatic carbocycles. The number of hydrogen-bond donors (Lipinski definition) is 1. The van der Waals surface area contributed by atoms with Gasteiger partial charge < -0.3 is 14.8 Å². The lowest BCUT2D eigenvalue weighted by Crippen LogP contribution is -2.46. The summed E-state index contributed by atoms with van der Waals surface area (Å²) >= 11 is 3.34. The third-order valence-corrected chi connectivity index (χ3v) is 4.50. The summed E-state index contributed by atoms with van der Waals surface area (Å²) in [5, 5.41) is 3.16. The van der Waals surface area contributed by atoms with E-state index in [0.717, 1.165) is 0 Å². The molecule has 4 nitrogen and oxygen atoms in total. The number of halogens is 5. The molecule has 0 aromatic heterocycles. The summed E-state index contributed by atoms with van der Waals surface area (Å²) in [4.78, 5) is 1.84. The molecule has 0 unspecified atom stereocenters. The van der Waals surface area contributed by atoms with Crippen LogP contribution < -0.4 is 14.8 Å². The van der Waals surface area contributed by atoms with Crippen molar-refractivity contribution in [2.24, 2.45) is 0 Å². The molecule has 2 rings (SSSR count). The van der Waals surface area contributed by atoms with Crippen molar-refractivity contribution in [1.29, 1.82) is 0 Å². The van der Waals surface area contributed by atoms with Crippen LogP contribution in [0.3, 0.4) is 0 Å². The molecule has 1 aliphatic rings. The van der Waals surface area contributed by atoms with Crippen LogP contribution >= 0.6 is 28.3 Å². The second-order valence-electron chi connectivity index (χ2n) is 5.35. The molecule has 0 aliphatic carbocycles. The lowest BCUT2D eigenvalue weighted by molar-refractivity contribution is -0.148. The second kappa shape index (κ2) is 9.12. The molecular weight excluding hydrogens is 413 g/mol. The Balaban J connectivity index is 0.00000288. The molecule has 1 aliphatic heterocycles. The van der Waals surface area contributed by atoms with Gasteiger partial charge in [0.15, 0.2) is 0 Å². The fourth-order valence-corrected chi connectivity index (χ4v) is 3.28. The standard InChI is InChI=1S/C15H20BrF3N2O2.ClH/c1-22-13-8-11(16)14(23-2)7-10(13)12(9-15(17,18)19)21-5-3-20-4-6-21;/h7-8,12,20H,3-6,9H2,1-2H3;1H/t12-;/m0./s1. The molecule has 1 aromatic rings. The highest BCUT2D eigenvalue weighted by Crippen LogP contribution is 2.42. The third-order valence-electron chi connectivity index (χ3n) is 3.88. The van der Waals surface area contributed by atoms with Crippen molar-refractivity contribution in [2.45, 2.75) is 18.6 Å². The van der Waals surface area contributed by atoms with E-state index < -0.39 is 18.6 Å². The van der Waals surface area contributed by atoms with Crippen LogP contribution in [0.4, 0.5) is 13.2 Å². The number of ether oxygens (including phenoxy) is 2. The van der Waals surface area contributed by atoms with Crippen molar-refractivity contribution in [3.63, 3.8) is 0 Å². The number of rotatable bonds is 5. The minimum absolute atomic E-state index is 0. The molecule has 1 heterocycles. The molecule has 0 saturated carbocycles. The molecule has 1 saturated heterocycles. The largest absolute Gasteiger partial charge is 0.496 e. The van der Waals surface area contributed by atoms with Gasteiger partial charge in [-0.15, -0.1) is 12.4 Å². The van der Waals surface area contributed by atoms with Crippen molar-refractivity contribution in [2.75, 3.05) is 40.4 Å². The van der Waals surface area contributed by atoms with Crippen molar-refractivity contribution in [3.05, 3.63) is 22.2 Å². The quantitative estimate of drug-likeness (QED) is 0.766. The number of hydrogen-bond acceptors (Lipinski definition) is 4. The van der Waals surface area contributed by atoms with E-state index in [1.165, 1.54) is 14.2 Å². The van der Waals surface area contributed by atoms with Crippen LogP contribution in [-0.2, 0) is 0 Å². The number of nitrogens with one attached hydrogen (secondary N) is 1. The Morgan fingerprint density at radius 3 is 2.25 bits per heavy atom. The van der Waals surface area contributed by atoms with Gasteiger partial charge in [0.2, 0.25) is 0 Å². The minimum Gasteiger partial charge on any atom is -0.496 e. The van der Waals surface area contributed by atoms with Gasteiger partial charge in [0.1, 0.15) is 11.5 Å². The highest BCUT2D eigenvalue weighted by molar-refractivity contribution is 9.10. The lowest BCUT2D eigenvalue weighted by atomic mass is 9.99. The highest BCUT2D eigenvalue weighted by atomic mass is 79.9. The molecule has 0 radical (unpaired) electrons. The maximum absolute atomic E-state index is 13.1. The van der Waals surface area contributed by atoms with Crippen LogP contribution in [0.15, 0.2) is 16.6 Å². The number of piperazine rings is 1. The fourth-order valence-electron chi connectivity index (χ4n) is 2.79. The average Bonchev–Trinajstić information content (AvgIpc) is 2.52. The van der Waals surface area contributed by atoms with Gasteiger partial charge >= 0.3 is 6.18 Å². The van der Waals surface area contributed by atoms with E-state index in [4.69, 9.17) is 9.47 Å². The average molecular weight is 434 g/mol. The first-order valence-corrected chi connectivity index (χ1v) is 8.08. The summed E-state index contributed by atoms with van der Waals surface area (Å²) in [7, 11) is 2.94. The molecule has 1 fully saturated rings. The van der Waals surface area contributed by atoms with Crippen LogP contribution in [-0.4, -0.2) is 51.5 Å². The Labute approximate surface area is 154 Å². The van der Waals surface area contributed by atoms with Crippen molar-refractivity contribution in [3.8, 4) is 11.5 Å². The molecule has 0 amide bonds. The van der Waals surface area contributed by atoms with E-state index in [9.17, 15) is 13.2 Å². The van der Waals surface area contributed by atoms with Crippen LogP contribution in [0.2, 0.25) is 0 Å². The van der Waals surface area contributed by atoms with Gasteiger partial charge in [-0.05, 0) is 28.1 Å². The summed E-state index contributed by atoms with van der Waals surface area (Å²) in [5.74, 6) is 0.911. The third kappa shape index (κ3) is 5.40. The van der Waals surface area contributed by atoms with Crippen molar-refractivity contribution in [1.82, 2.24) is 10.2 Å².